The summed E-state index contributed by atoms with van der Waals surface area (Å²) in [6.07, 6.45) is 4.57. The van der Waals surface area contributed by atoms with Crippen LogP contribution in [0.1, 0.15) is 35.7 Å². The summed E-state index contributed by atoms with van der Waals surface area (Å²) >= 11 is 0. The van der Waals surface area contributed by atoms with Crippen LogP contribution in [0.4, 0.5) is 0 Å². The number of rotatable bonds is 5. The maximum atomic E-state index is 5.76. The zero-order valence-electron chi connectivity index (χ0n) is 11.5. The van der Waals surface area contributed by atoms with E-state index in [2.05, 4.69) is 22.5 Å². The first-order chi connectivity index (χ1) is 9.76. The van der Waals surface area contributed by atoms with Crippen molar-refractivity contribution in [1.82, 2.24) is 10.4 Å². The van der Waals surface area contributed by atoms with Crippen molar-refractivity contribution in [3.63, 3.8) is 0 Å². The van der Waals surface area contributed by atoms with Crippen molar-refractivity contribution in [2.75, 3.05) is 0 Å². The lowest BCUT2D eigenvalue weighted by atomic mass is 9.99. The van der Waals surface area contributed by atoms with Crippen LogP contribution in [-0.2, 0) is 0 Å². The highest BCUT2D eigenvalue weighted by molar-refractivity contribution is 5.35. The van der Waals surface area contributed by atoms with E-state index in [0.29, 0.717) is 6.10 Å². The molecule has 0 amide bonds. The van der Waals surface area contributed by atoms with Crippen LogP contribution in [0, 0.1) is 6.92 Å². The lowest BCUT2D eigenvalue weighted by Crippen LogP contribution is -2.28. The standard InChI is InChI=1S/C16H19N3O/c1-11-10-13(8-9-18-11)16(19-17)12-2-4-14(5-3-12)20-15-6-7-15/h2-5,8-10,15-16,19H,6-7,17H2,1H3. The third kappa shape index (κ3) is 2.98. The summed E-state index contributed by atoms with van der Waals surface area (Å²) in [6.45, 7) is 1.98. The molecule has 104 valence electrons. The number of aryl methyl sites for hydroxylation is 1. The lowest BCUT2D eigenvalue weighted by Gasteiger charge is -2.17. The number of pyridine rings is 1. The summed E-state index contributed by atoms with van der Waals surface area (Å²) in [4.78, 5) is 4.22. The molecule has 4 heteroatoms. The maximum absolute atomic E-state index is 5.76. The van der Waals surface area contributed by atoms with Crippen LogP contribution in [-0.4, -0.2) is 11.1 Å². The number of hydrogen-bond acceptors (Lipinski definition) is 4. The quantitative estimate of drug-likeness (QED) is 0.646. The number of nitrogens with one attached hydrogen (secondary N) is 1. The van der Waals surface area contributed by atoms with Gasteiger partial charge in [-0.1, -0.05) is 12.1 Å². The first-order valence-electron chi connectivity index (χ1n) is 6.91. The maximum Gasteiger partial charge on any atom is 0.119 e. The Kier molecular flexibility index (Phi) is 3.67. The van der Waals surface area contributed by atoms with Gasteiger partial charge in [-0.15, -0.1) is 0 Å². The summed E-state index contributed by atoms with van der Waals surface area (Å²) in [6, 6.07) is 12.1. The van der Waals surface area contributed by atoms with Crippen LogP contribution in [0.2, 0.25) is 0 Å². The third-order valence-electron chi connectivity index (χ3n) is 3.46. The Morgan fingerprint density at radius 1 is 1.20 bits per heavy atom. The van der Waals surface area contributed by atoms with Crippen LogP contribution >= 0.6 is 0 Å². The Balaban J connectivity index is 1.81. The average Bonchev–Trinajstić information content (AvgIpc) is 3.26. The molecule has 1 fully saturated rings. The van der Waals surface area contributed by atoms with Crippen LogP contribution in [0.15, 0.2) is 42.6 Å². The van der Waals surface area contributed by atoms with E-state index in [4.69, 9.17) is 10.6 Å². The van der Waals surface area contributed by atoms with Crippen molar-refractivity contribution in [1.29, 1.82) is 0 Å². The molecule has 3 rings (SSSR count). The van der Waals surface area contributed by atoms with E-state index in [1.165, 1.54) is 12.8 Å². The van der Waals surface area contributed by atoms with E-state index >= 15 is 0 Å². The largest absolute Gasteiger partial charge is 0.490 e. The van der Waals surface area contributed by atoms with Gasteiger partial charge in [0.25, 0.3) is 0 Å². The second-order valence-electron chi connectivity index (χ2n) is 5.22. The van der Waals surface area contributed by atoms with Gasteiger partial charge in [0.2, 0.25) is 0 Å². The Morgan fingerprint density at radius 3 is 2.55 bits per heavy atom. The molecule has 4 nitrogen and oxygen atoms in total. The van der Waals surface area contributed by atoms with Crippen molar-refractivity contribution in [2.24, 2.45) is 5.84 Å². The monoisotopic (exact) mass is 269 g/mol. The van der Waals surface area contributed by atoms with Gasteiger partial charge in [-0.25, -0.2) is 5.43 Å². The van der Waals surface area contributed by atoms with Gasteiger partial charge in [0.1, 0.15) is 5.75 Å². The van der Waals surface area contributed by atoms with Crippen molar-refractivity contribution in [2.45, 2.75) is 31.9 Å². The van der Waals surface area contributed by atoms with Crippen molar-refractivity contribution >= 4 is 0 Å². The zero-order chi connectivity index (χ0) is 13.9. The van der Waals surface area contributed by atoms with Gasteiger partial charge < -0.3 is 4.74 Å². The van der Waals surface area contributed by atoms with Crippen LogP contribution in [0.3, 0.4) is 0 Å². The molecule has 1 atom stereocenters. The molecule has 0 spiro atoms. The molecular weight excluding hydrogens is 250 g/mol. The topological polar surface area (TPSA) is 60.2 Å². The van der Waals surface area contributed by atoms with Crippen LogP contribution in [0.25, 0.3) is 0 Å². The van der Waals surface area contributed by atoms with E-state index < -0.39 is 0 Å². The lowest BCUT2D eigenvalue weighted by molar-refractivity contribution is 0.303. The molecule has 1 unspecified atom stereocenters. The van der Waals surface area contributed by atoms with Gasteiger partial charge in [-0.3, -0.25) is 10.8 Å². The van der Waals surface area contributed by atoms with Gasteiger partial charge in [-0.05, 0) is 55.2 Å². The fourth-order valence-corrected chi connectivity index (χ4v) is 2.25. The van der Waals surface area contributed by atoms with E-state index in [1.807, 2.05) is 31.2 Å². The predicted octanol–water partition coefficient (Wildman–Crippen LogP) is 2.48. The SMILES string of the molecule is Cc1cc(C(NN)c2ccc(OC3CC3)cc2)ccn1. The second-order valence-corrected chi connectivity index (χ2v) is 5.22. The smallest absolute Gasteiger partial charge is 0.119 e. The van der Waals surface area contributed by atoms with Gasteiger partial charge >= 0.3 is 0 Å². The summed E-state index contributed by atoms with van der Waals surface area (Å²) < 4.78 is 5.76. The van der Waals surface area contributed by atoms with E-state index in [1.54, 1.807) is 6.20 Å². The molecular formula is C16H19N3O. The van der Waals surface area contributed by atoms with Gasteiger partial charge in [0, 0.05) is 11.9 Å². The molecule has 0 bridgehead atoms. The third-order valence-corrected chi connectivity index (χ3v) is 3.46. The number of nitrogens with two attached hydrogens (primary N) is 1. The molecule has 20 heavy (non-hydrogen) atoms. The van der Waals surface area contributed by atoms with E-state index in [0.717, 1.165) is 22.6 Å². The number of aromatic nitrogens is 1. The molecule has 1 aliphatic carbocycles. The minimum absolute atomic E-state index is 0.0355. The van der Waals surface area contributed by atoms with Crippen LogP contribution in [0.5, 0.6) is 5.75 Å². The highest BCUT2D eigenvalue weighted by atomic mass is 16.5. The first-order valence-corrected chi connectivity index (χ1v) is 6.91. The number of hydrazine groups is 1. The summed E-state index contributed by atoms with van der Waals surface area (Å²) in [5.41, 5.74) is 6.07. The van der Waals surface area contributed by atoms with Crippen LogP contribution < -0.4 is 16.0 Å². The van der Waals surface area contributed by atoms with E-state index in [-0.39, 0.29) is 6.04 Å². The first kappa shape index (κ1) is 13.1. The van der Waals surface area contributed by atoms with E-state index in [9.17, 15) is 0 Å². The number of benzene rings is 1. The molecule has 1 aromatic heterocycles. The Morgan fingerprint density at radius 2 is 1.95 bits per heavy atom. The average molecular weight is 269 g/mol. The Labute approximate surface area is 119 Å². The van der Waals surface area contributed by atoms with Gasteiger partial charge in [-0.2, -0.15) is 0 Å². The molecule has 2 aromatic rings. The van der Waals surface area contributed by atoms with Crippen molar-refractivity contribution in [3.8, 4) is 5.75 Å². The molecule has 0 aliphatic heterocycles. The molecule has 1 heterocycles. The number of hydrogen-bond donors (Lipinski definition) is 2. The minimum atomic E-state index is -0.0355. The molecule has 3 N–H and O–H groups in total. The molecule has 1 saturated carbocycles. The van der Waals surface area contributed by atoms with Crippen molar-refractivity contribution in [3.05, 3.63) is 59.4 Å². The zero-order valence-corrected chi connectivity index (χ0v) is 11.5. The molecule has 1 aliphatic rings. The summed E-state index contributed by atoms with van der Waals surface area (Å²) in [7, 11) is 0. The minimum Gasteiger partial charge on any atom is -0.490 e. The Bertz CT molecular complexity index is 579. The summed E-state index contributed by atoms with van der Waals surface area (Å²) in [5, 5.41) is 0. The van der Waals surface area contributed by atoms with Crippen molar-refractivity contribution < 1.29 is 4.74 Å². The fourth-order valence-electron chi connectivity index (χ4n) is 2.25. The predicted molar refractivity (Wildman–Crippen MR) is 78.2 cm³/mol. The normalized spacial score (nSPS) is 15.9. The summed E-state index contributed by atoms with van der Waals surface area (Å²) in [5.74, 6) is 6.64. The number of nitrogens with zero attached hydrogens (tertiary/aromatic N) is 1. The Hall–Kier alpha value is -1.91. The molecule has 0 saturated heterocycles. The number of ether oxygens (including phenoxy) is 1. The second kappa shape index (κ2) is 5.61. The fraction of sp³-hybridized carbons (Fsp3) is 0.312. The highest BCUT2D eigenvalue weighted by Crippen LogP contribution is 2.28. The van der Waals surface area contributed by atoms with Gasteiger partial charge in [0.05, 0.1) is 12.1 Å². The molecule has 0 radical (unpaired) electrons. The molecule has 1 aromatic carbocycles. The highest BCUT2D eigenvalue weighted by Gasteiger charge is 2.23. The van der Waals surface area contributed by atoms with Gasteiger partial charge in [0.15, 0.2) is 0 Å².